The summed E-state index contributed by atoms with van der Waals surface area (Å²) in [4.78, 5) is 17.4. The van der Waals surface area contributed by atoms with E-state index in [9.17, 15) is 4.79 Å². The Morgan fingerprint density at radius 1 is 1.21 bits per heavy atom. The standard InChI is InChI=1S/C24H23ClN6O2/c1-15-13-30(14-26-15)20-11-10-18(12-22(20)33-2)27-24(32)23-21-5-3-4-19(31(21)29-28-23)16-6-8-17(25)9-7-16/h6-14,19H,3-5H2,1-2H3,(H,27,32)/t19-/m0/s1. The minimum absolute atomic E-state index is 0.0399. The number of amides is 1. The first-order chi connectivity index (χ1) is 16.0. The lowest BCUT2D eigenvalue weighted by Crippen LogP contribution is -2.22. The summed E-state index contributed by atoms with van der Waals surface area (Å²) in [6, 6.07) is 13.3. The van der Waals surface area contributed by atoms with E-state index in [1.807, 2.05) is 58.8 Å². The van der Waals surface area contributed by atoms with E-state index in [-0.39, 0.29) is 11.9 Å². The average Bonchev–Trinajstić information content (AvgIpc) is 3.46. The highest BCUT2D eigenvalue weighted by atomic mass is 35.5. The number of imidazole rings is 1. The van der Waals surface area contributed by atoms with E-state index in [0.29, 0.717) is 22.2 Å². The van der Waals surface area contributed by atoms with Gasteiger partial charge in [-0.15, -0.1) is 5.10 Å². The van der Waals surface area contributed by atoms with E-state index >= 15 is 0 Å². The summed E-state index contributed by atoms with van der Waals surface area (Å²) in [5.41, 5.74) is 4.65. The third-order valence-corrected chi connectivity index (χ3v) is 6.13. The van der Waals surface area contributed by atoms with Crippen LogP contribution in [0.4, 0.5) is 5.69 Å². The number of methoxy groups -OCH3 is 1. The summed E-state index contributed by atoms with van der Waals surface area (Å²) in [5.74, 6) is 0.333. The number of nitrogens with zero attached hydrogens (tertiary/aromatic N) is 5. The zero-order valence-electron chi connectivity index (χ0n) is 18.3. The van der Waals surface area contributed by atoms with Crippen molar-refractivity contribution in [3.8, 4) is 11.4 Å². The van der Waals surface area contributed by atoms with Crippen molar-refractivity contribution >= 4 is 23.2 Å². The van der Waals surface area contributed by atoms with Gasteiger partial charge in [-0.3, -0.25) is 4.79 Å². The molecule has 0 bridgehead atoms. The molecule has 1 N–H and O–H groups in total. The van der Waals surface area contributed by atoms with E-state index in [0.717, 1.165) is 41.9 Å². The molecule has 5 rings (SSSR count). The van der Waals surface area contributed by atoms with Gasteiger partial charge in [0.25, 0.3) is 5.91 Å². The number of anilines is 1. The Hall–Kier alpha value is -3.65. The van der Waals surface area contributed by atoms with E-state index in [1.54, 1.807) is 19.5 Å². The number of benzene rings is 2. The molecule has 2 aromatic heterocycles. The molecule has 0 radical (unpaired) electrons. The molecule has 168 valence electrons. The van der Waals surface area contributed by atoms with Gasteiger partial charge in [0.2, 0.25) is 0 Å². The summed E-state index contributed by atoms with van der Waals surface area (Å²) in [6.07, 6.45) is 6.28. The first-order valence-electron chi connectivity index (χ1n) is 10.7. The van der Waals surface area contributed by atoms with Gasteiger partial charge in [-0.2, -0.15) is 0 Å². The SMILES string of the molecule is COc1cc(NC(=O)c2nnn3c2CCC[C@H]3c2ccc(Cl)cc2)ccc1-n1cnc(C)c1. The first kappa shape index (κ1) is 21.2. The molecule has 0 fully saturated rings. The summed E-state index contributed by atoms with van der Waals surface area (Å²) in [5, 5.41) is 12.2. The number of halogens is 1. The molecule has 0 spiro atoms. The van der Waals surface area contributed by atoms with Crippen LogP contribution < -0.4 is 10.1 Å². The number of aryl methyl sites for hydroxylation is 1. The van der Waals surface area contributed by atoms with Crippen LogP contribution >= 0.6 is 11.6 Å². The van der Waals surface area contributed by atoms with Gasteiger partial charge in [0, 0.05) is 23.0 Å². The third-order valence-electron chi connectivity index (χ3n) is 5.87. The second kappa shape index (κ2) is 8.71. The van der Waals surface area contributed by atoms with Gasteiger partial charge in [-0.05, 0) is 56.0 Å². The van der Waals surface area contributed by atoms with E-state index in [2.05, 4.69) is 20.6 Å². The fourth-order valence-corrected chi connectivity index (χ4v) is 4.39. The molecule has 1 amide bonds. The quantitative estimate of drug-likeness (QED) is 0.468. The summed E-state index contributed by atoms with van der Waals surface area (Å²) < 4.78 is 9.29. The molecule has 0 unspecified atom stereocenters. The number of hydrogen-bond acceptors (Lipinski definition) is 5. The van der Waals surface area contributed by atoms with Gasteiger partial charge in [0.05, 0.1) is 36.6 Å². The Morgan fingerprint density at radius 2 is 2.03 bits per heavy atom. The van der Waals surface area contributed by atoms with Gasteiger partial charge < -0.3 is 14.6 Å². The van der Waals surface area contributed by atoms with Gasteiger partial charge in [-0.25, -0.2) is 9.67 Å². The van der Waals surface area contributed by atoms with Crippen LogP contribution in [-0.4, -0.2) is 37.6 Å². The lowest BCUT2D eigenvalue weighted by molar-refractivity contribution is 0.102. The maximum absolute atomic E-state index is 13.1. The van der Waals surface area contributed by atoms with Crippen molar-refractivity contribution in [2.24, 2.45) is 0 Å². The van der Waals surface area contributed by atoms with Crippen molar-refractivity contribution in [1.82, 2.24) is 24.5 Å². The Balaban J connectivity index is 1.39. The van der Waals surface area contributed by atoms with Crippen LogP contribution in [0, 0.1) is 6.92 Å². The second-order valence-electron chi connectivity index (χ2n) is 8.05. The normalized spacial score (nSPS) is 15.2. The van der Waals surface area contributed by atoms with Gasteiger partial charge in [0.1, 0.15) is 5.75 Å². The number of aromatic nitrogens is 5. The topological polar surface area (TPSA) is 86.9 Å². The minimum Gasteiger partial charge on any atom is -0.494 e. The van der Waals surface area contributed by atoms with E-state index in [4.69, 9.17) is 16.3 Å². The first-order valence-corrected chi connectivity index (χ1v) is 11.1. The van der Waals surface area contributed by atoms with Gasteiger partial charge >= 0.3 is 0 Å². The van der Waals surface area contributed by atoms with Crippen LogP contribution in [0.2, 0.25) is 5.02 Å². The number of carbonyl (C=O) groups excluding carboxylic acids is 1. The van der Waals surface area contributed by atoms with Crippen LogP contribution in [0.1, 0.15) is 46.3 Å². The van der Waals surface area contributed by atoms with Crippen LogP contribution in [0.15, 0.2) is 55.0 Å². The molecule has 0 saturated carbocycles. The van der Waals surface area contributed by atoms with Crippen LogP contribution in [0.5, 0.6) is 5.75 Å². The zero-order valence-corrected chi connectivity index (χ0v) is 19.1. The Morgan fingerprint density at radius 3 is 2.76 bits per heavy atom. The molecule has 3 heterocycles. The lowest BCUT2D eigenvalue weighted by atomic mass is 9.96. The number of hydrogen-bond donors (Lipinski definition) is 1. The molecule has 2 aromatic carbocycles. The van der Waals surface area contributed by atoms with Crippen molar-refractivity contribution in [3.05, 3.63) is 82.7 Å². The van der Waals surface area contributed by atoms with Crippen molar-refractivity contribution in [2.45, 2.75) is 32.2 Å². The predicted molar refractivity (Wildman–Crippen MR) is 125 cm³/mol. The maximum atomic E-state index is 13.1. The zero-order chi connectivity index (χ0) is 22.9. The highest BCUT2D eigenvalue weighted by Crippen LogP contribution is 2.32. The lowest BCUT2D eigenvalue weighted by Gasteiger charge is -2.24. The number of fused-ring (bicyclic) bond motifs is 1. The highest BCUT2D eigenvalue weighted by molar-refractivity contribution is 6.30. The highest BCUT2D eigenvalue weighted by Gasteiger charge is 2.28. The third kappa shape index (κ3) is 4.09. The predicted octanol–water partition coefficient (Wildman–Crippen LogP) is 4.61. The van der Waals surface area contributed by atoms with E-state index in [1.165, 1.54) is 0 Å². The van der Waals surface area contributed by atoms with Crippen LogP contribution in [-0.2, 0) is 6.42 Å². The average molecular weight is 463 g/mol. The largest absolute Gasteiger partial charge is 0.494 e. The maximum Gasteiger partial charge on any atom is 0.278 e. The minimum atomic E-state index is -0.290. The van der Waals surface area contributed by atoms with E-state index < -0.39 is 0 Å². The molecule has 1 aliphatic rings. The van der Waals surface area contributed by atoms with Crippen molar-refractivity contribution in [2.75, 3.05) is 12.4 Å². The Bertz CT molecular complexity index is 1310. The number of nitrogens with one attached hydrogen (secondary N) is 1. The molecule has 4 aromatic rings. The Kier molecular flexibility index (Phi) is 5.60. The summed E-state index contributed by atoms with van der Waals surface area (Å²) in [7, 11) is 1.60. The smallest absolute Gasteiger partial charge is 0.278 e. The van der Waals surface area contributed by atoms with Crippen LogP contribution in [0.3, 0.4) is 0 Å². The Labute approximate surface area is 196 Å². The van der Waals surface area contributed by atoms with Gasteiger partial charge in [-0.1, -0.05) is 28.9 Å². The monoisotopic (exact) mass is 462 g/mol. The molecular weight excluding hydrogens is 440 g/mol. The summed E-state index contributed by atoms with van der Waals surface area (Å²) in [6.45, 7) is 1.93. The van der Waals surface area contributed by atoms with Crippen LogP contribution in [0.25, 0.3) is 5.69 Å². The molecule has 33 heavy (non-hydrogen) atoms. The number of carbonyl (C=O) groups is 1. The fraction of sp³-hybridized carbons (Fsp3) is 0.250. The molecule has 9 heteroatoms. The number of ether oxygens (including phenoxy) is 1. The summed E-state index contributed by atoms with van der Waals surface area (Å²) >= 11 is 6.04. The molecular formula is C24H23ClN6O2. The number of rotatable bonds is 5. The van der Waals surface area contributed by atoms with Crippen molar-refractivity contribution in [1.29, 1.82) is 0 Å². The molecule has 1 aliphatic heterocycles. The molecule has 0 aliphatic carbocycles. The van der Waals surface area contributed by atoms with Gasteiger partial charge in [0.15, 0.2) is 5.69 Å². The molecule has 1 atom stereocenters. The van der Waals surface area contributed by atoms with Crippen molar-refractivity contribution < 1.29 is 9.53 Å². The second-order valence-corrected chi connectivity index (χ2v) is 8.49. The molecule has 0 saturated heterocycles. The molecule has 8 nitrogen and oxygen atoms in total. The van der Waals surface area contributed by atoms with Crippen molar-refractivity contribution in [3.63, 3.8) is 0 Å². The fourth-order valence-electron chi connectivity index (χ4n) is 4.26.